The Morgan fingerprint density at radius 1 is 1.67 bits per heavy atom. The van der Waals surface area contributed by atoms with Crippen LogP contribution in [0, 0.1) is 10.1 Å². The van der Waals surface area contributed by atoms with Crippen molar-refractivity contribution in [3.8, 4) is 0 Å². The van der Waals surface area contributed by atoms with E-state index in [9.17, 15) is 10.1 Å². The van der Waals surface area contributed by atoms with E-state index in [0.29, 0.717) is 11.0 Å². The van der Waals surface area contributed by atoms with Crippen LogP contribution in [0.3, 0.4) is 0 Å². The van der Waals surface area contributed by atoms with E-state index in [2.05, 4.69) is 21.2 Å². The van der Waals surface area contributed by atoms with Crippen molar-refractivity contribution in [3.63, 3.8) is 0 Å². The van der Waals surface area contributed by atoms with Crippen molar-refractivity contribution in [1.29, 1.82) is 0 Å². The van der Waals surface area contributed by atoms with Crippen molar-refractivity contribution in [3.05, 3.63) is 32.8 Å². The molecular weight excluding hydrogens is 262 g/mol. The molecule has 1 aromatic rings. The fourth-order valence-corrected chi connectivity index (χ4v) is 1.61. The van der Waals surface area contributed by atoms with Crippen LogP contribution < -0.4 is 11.1 Å². The Morgan fingerprint density at radius 3 is 2.80 bits per heavy atom. The zero-order valence-corrected chi connectivity index (χ0v) is 9.82. The van der Waals surface area contributed by atoms with E-state index in [1.54, 1.807) is 12.1 Å². The summed E-state index contributed by atoms with van der Waals surface area (Å²) < 4.78 is 0.460. The number of halogens is 1. The fraction of sp³-hybridized carbons (Fsp3) is 0.333. The topological polar surface area (TPSA) is 81.2 Å². The standard InChI is InChI=1S/C9H12BrN3O2/c1-6(5-11)12-7-2-3-9(13(14)15)8(10)4-7/h2-4,6,12H,5,11H2,1H3. The van der Waals surface area contributed by atoms with Crippen LogP contribution in [-0.4, -0.2) is 17.5 Å². The number of nitro groups is 1. The minimum absolute atomic E-state index is 0.0564. The molecule has 6 heteroatoms. The lowest BCUT2D eigenvalue weighted by atomic mass is 10.2. The minimum atomic E-state index is -0.430. The highest BCUT2D eigenvalue weighted by Crippen LogP contribution is 2.27. The molecule has 1 atom stereocenters. The summed E-state index contributed by atoms with van der Waals surface area (Å²) >= 11 is 3.15. The molecule has 0 amide bonds. The lowest BCUT2D eigenvalue weighted by Gasteiger charge is -2.12. The molecule has 15 heavy (non-hydrogen) atoms. The van der Waals surface area contributed by atoms with E-state index in [-0.39, 0.29) is 11.7 Å². The summed E-state index contributed by atoms with van der Waals surface area (Å²) in [4.78, 5) is 10.1. The van der Waals surface area contributed by atoms with Gasteiger partial charge in [0.25, 0.3) is 5.69 Å². The van der Waals surface area contributed by atoms with Crippen molar-refractivity contribution in [2.24, 2.45) is 5.73 Å². The summed E-state index contributed by atoms with van der Waals surface area (Å²) in [5.74, 6) is 0. The molecule has 0 fully saturated rings. The lowest BCUT2D eigenvalue weighted by molar-refractivity contribution is -0.385. The zero-order valence-electron chi connectivity index (χ0n) is 8.24. The Balaban J connectivity index is 2.87. The maximum absolute atomic E-state index is 10.5. The molecule has 0 radical (unpaired) electrons. The van der Waals surface area contributed by atoms with Gasteiger partial charge >= 0.3 is 0 Å². The summed E-state index contributed by atoms with van der Waals surface area (Å²) in [5.41, 5.74) is 6.32. The van der Waals surface area contributed by atoms with Gasteiger partial charge in [-0.3, -0.25) is 10.1 Å². The first-order valence-corrected chi connectivity index (χ1v) is 5.24. The summed E-state index contributed by atoms with van der Waals surface area (Å²) in [6.07, 6.45) is 0. The molecule has 0 saturated heterocycles. The van der Waals surface area contributed by atoms with Crippen LogP contribution in [0.2, 0.25) is 0 Å². The molecular formula is C9H12BrN3O2. The van der Waals surface area contributed by atoms with E-state index in [1.807, 2.05) is 6.92 Å². The highest BCUT2D eigenvalue weighted by atomic mass is 79.9. The molecule has 5 nitrogen and oxygen atoms in total. The van der Waals surface area contributed by atoms with Gasteiger partial charge in [0.2, 0.25) is 0 Å². The Kier molecular flexibility index (Phi) is 4.05. The third-order valence-corrected chi connectivity index (χ3v) is 2.55. The fourth-order valence-electron chi connectivity index (χ4n) is 1.09. The Bertz CT molecular complexity index is 370. The lowest BCUT2D eigenvalue weighted by Crippen LogP contribution is -2.25. The molecule has 0 heterocycles. The van der Waals surface area contributed by atoms with Gasteiger partial charge in [0, 0.05) is 24.3 Å². The van der Waals surface area contributed by atoms with Gasteiger partial charge in [-0.2, -0.15) is 0 Å². The van der Waals surface area contributed by atoms with Gasteiger partial charge in [-0.1, -0.05) is 0 Å². The van der Waals surface area contributed by atoms with Crippen LogP contribution in [0.4, 0.5) is 11.4 Å². The molecule has 0 aliphatic rings. The number of nitrogens with zero attached hydrogens (tertiary/aromatic N) is 1. The van der Waals surface area contributed by atoms with Crippen LogP contribution in [0.5, 0.6) is 0 Å². The van der Waals surface area contributed by atoms with Gasteiger partial charge in [-0.25, -0.2) is 0 Å². The van der Waals surface area contributed by atoms with Crippen LogP contribution in [-0.2, 0) is 0 Å². The summed E-state index contributed by atoms with van der Waals surface area (Å²) in [6.45, 7) is 2.45. The van der Waals surface area contributed by atoms with Crippen LogP contribution in [0.1, 0.15) is 6.92 Å². The molecule has 82 valence electrons. The number of anilines is 1. The number of nitrogens with one attached hydrogen (secondary N) is 1. The largest absolute Gasteiger partial charge is 0.381 e. The zero-order chi connectivity index (χ0) is 11.4. The molecule has 1 rings (SSSR count). The van der Waals surface area contributed by atoms with E-state index >= 15 is 0 Å². The molecule has 0 saturated carbocycles. The average Bonchev–Trinajstić information content (AvgIpc) is 2.17. The molecule has 3 N–H and O–H groups in total. The van der Waals surface area contributed by atoms with Crippen molar-refractivity contribution in [2.75, 3.05) is 11.9 Å². The summed E-state index contributed by atoms with van der Waals surface area (Å²) in [7, 11) is 0. The third-order valence-electron chi connectivity index (χ3n) is 1.91. The van der Waals surface area contributed by atoms with Crippen LogP contribution in [0.15, 0.2) is 22.7 Å². The maximum atomic E-state index is 10.5. The Labute approximate surface area is 95.9 Å². The van der Waals surface area contributed by atoms with Crippen molar-refractivity contribution in [2.45, 2.75) is 13.0 Å². The van der Waals surface area contributed by atoms with Crippen molar-refractivity contribution >= 4 is 27.3 Å². The highest BCUT2D eigenvalue weighted by Gasteiger charge is 2.11. The molecule has 0 aliphatic heterocycles. The van der Waals surface area contributed by atoms with E-state index in [4.69, 9.17) is 5.73 Å². The molecule has 0 aliphatic carbocycles. The summed E-state index contributed by atoms with van der Waals surface area (Å²) in [5, 5.41) is 13.7. The van der Waals surface area contributed by atoms with Gasteiger partial charge < -0.3 is 11.1 Å². The molecule has 1 aromatic carbocycles. The summed E-state index contributed by atoms with van der Waals surface area (Å²) in [6, 6.07) is 4.92. The first-order valence-electron chi connectivity index (χ1n) is 4.45. The van der Waals surface area contributed by atoms with Gasteiger partial charge in [-0.15, -0.1) is 0 Å². The SMILES string of the molecule is CC(CN)Nc1ccc([N+](=O)[O-])c(Br)c1. The predicted molar refractivity (Wildman–Crippen MR) is 62.9 cm³/mol. The quantitative estimate of drug-likeness (QED) is 0.650. The van der Waals surface area contributed by atoms with Gasteiger partial charge in [-0.05, 0) is 35.0 Å². The molecule has 0 aromatic heterocycles. The van der Waals surface area contributed by atoms with Gasteiger partial charge in [0.15, 0.2) is 0 Å². The van der Waals surface area contributed by atoms with Crippen molar-refractivity contribution in [1.82, 2.24) is 0 Å². The monoisotopic (exact) mass is 273 g/mol. The molecule has 1 unspecified atom stereocenters. The van der Waals surface area contributed by atoms with E-state index in [1.165, 1.54) is 6.07 Å². The number of nitro benzene ring substituents is 1. The Hall–Kier alpha value is -1.14. The first kappa shape index (κ1) is 11.9. The number of nitrogens with two attached hydrogens (primary N) is 1. The normalized spacial score (nSPS) is 12.2. The smallest absolute Gasteiger partial charge is 0.283 e. The number of hydrogen-bond donors (Lipinski definition) is 2. The predicted octanol–water partition coefficient (Wildman–Crippen LogP) is 2.12. The first-order chi connectivity index (χ1) is 7.04. The average molecular weight is 274 g/mol. The van der Waals surface area contributed by atoms with Crippen molar-refractivity contribution < 1.29 is 4.92 Å². The highest BCUT2D eigenvalue weighted by molar-refractivity contribution is 9.10. The molecule has 0 spiro atoms. The molecule has 0 bridgehead atoms. The van der Waals surface area contributed by atoms with E-state index in [0.717, 1.165) is 5.69 Å². The minimum Gasteiger partial charge on any atom is -0.381 e. The second-order valence-electron chi connectivity index (χ2n) is 3.20. The van der Waals surface area contributed by atoms with Gasteiger partial charge in [0.05, 0.1) is 9.40 Å². The Morgan fingerprint density at radius 2 is 2.33 bits per heavy atom. The number of hydrogen-bond acceptors (Lipinski definition) is 4. The second kappa shape index (κ2) is 5.09. The van der Waals surface area contributed by atoms with Gasteiger partial charge in [0.1, 0.15) is 0 Å². The maximum Gasteiger partial charge on any atom is 0.283 e. The second-order valence-corrected chi connectivity index (χ2v) is 4.06. The third kappa shape index (κ3) is 3.17. The van der Waals surface area contributed by atoms with Crippen LogP contribution in [0.25, 0.3) is 0 Å². The van der Waals surface area contributed by atoms with E-state index < -0.39 is 4.92 Å². The number of benzene rings is 1. The number of rotatable bonds is 4. The van der Waals surface area contributed by atoms with Crippen LogP contribution >= 0.6 is 15.9 Å².